The monoisotopic (exact) mass is 309 g/mol. The molecule has 3 rings (SSSR count). The maximum Gasteiger partial charge on any atom is 0.145 e. The van der Waals surface area contributed by atoms with E-state index in [1.54, 1.807) is 7.11 Å². The first-order valence-electron chi connectivity index (χ1n) is 7.59. The van der Waals surface area contributed by atoms with E-state index in [1.807, 2.05) is 42.5 Å². The first-order chi connectivity index (χ1) is 11.3. The smallest absolute Gasteiger partial charge is 0.145 e. The average Bonchev–Trinajstić information content (AvgIpc) is 2.60. The number of fused-ring (bicyclic) bond motifs is 1. The summed E-state index contributed by atoms with van der Waals surface area (Å²) < 4.78 is 11.2. The second-order valence-corrected chi connectivity index (χ2v) is 5.08. The molecule has 0 spiro atoms. The highest BCUT2D eigenvalue weighted by Crippen LogP contribution is 2.35. The van der Waals surface area contributed by atoms with Crippen LogP contribution in [0.1, 0.15) is 13.3 Å². The van der Waals surface area contributed by atoms with E-state index in [0.717, 1.165) is 34.6 Å². The topological polar surface area (TPSA) is 56.3 Å². The van der Waals surface area contributed by atoms with Crippen molar-refractivity contribution in [3.8, 4) is 11.5 Å². The third-order valence-corrected chi connectivity index (χ3v) is 3.41. The summed E-state index contributed by atoms with van der Waals surface area (Å²) in [6.45, 7) is 2.70. The molecule has 0 amide bonds. The zero-order valence-electron chi connectivity index (χ0n) is 13.2. The summed E-state index contributed by atoms with van der Waals surface area (Å²) in [4.78, 5) is 8.73. The van der Waals surface area contributed by atoms with Crippen molar-refractivity contribution in [1.82, 2.24) is 9.97 Å². The van der Waals surface area contributed by atoms with Crippen molar-refractivity contribution >= 4 is 22.4 Å². The fraction of sp³-hybridized carbons (Fsp3) is 0.222. The van der Waals surface area contributed by atoms with Gasteiger partial charge >= 0.3 is 0 Å². The molecule has 0 aliphatic carbocycles. The van der Waals surface area contributed by atoms with Gasteiger partial charge in [0, 0.05) is 17.8 Å². The van der Waals surface area contributed by atoms with E-state index in [0.29, 0.717) is 12.4 Å². The Balaban J connectivity index is 2.10. The molecule has 118 valence electrons. The number of hydrogen-bond donors (Lipinski definition) is 1. The van der Waals surface area contributed by atoms with E-state index in [4.69, 9.17) is 9.47 Å². The Morgan fingerprint density at radius 2 is 1.91 bits per heavy atom. The summed E-state index contributed by atoms with van der Waals surface area (Å²) in [5.41, 5.74) is 1.74. The van der Waals surface area contributed by atoms with E-state index in [1.165, 1.54) is 6.33 Å². The van der Waals surface area contributed by atoms with Crippen LogP contribution in [-0.2, 0) is 0 Å². The maximum absolute atomic E-state index is 5.89. The number of rotatable bonds is 6. The highest BCUT2D eigenvalue weighted by Gasteiger charge is 2.13. The minimum atomic E-state index is 0.627. The highest BCUT2D eigenvalue weighted by molar-refractivity contribution is 5.96. The Hall–Kier alpha value is -2.82. The second-order valence-electron chi connectivity index (χ2n) is 5.08. The van der Waals surface area contributed by atoms with Crippen molar-refractivity contribution < 1.29 is 9.47 Å². The lowest BCUT2D eigenvalue weighted by Crippen LogP contribution is -2.01. The van der Waals surface area contributed by atoms with Crippen LogP contribution in [0.5, 0.6) is 11.5 Å². The van der Waals surface area contributed by atoms with E-state index in [2.05, 4.69) is 22.2 Å². The summed E-state index contributed by atoms with van der Waals surface area (Å²) in [6, 6.07) is 13.7. The highest BCUT2D eigenvalue weighted by atomic mass is 16.5. The van der Waals surface area contributed by atoms with Gasteiger partial charge in [-0.15, -0.1) is 0 Å². The zero-order valence-corrected chi connectivity index (χ0v) is 13.2. The van der Waals surface area contributed by atoms with Gasteiger partial charge in [0.2, 0.25) is 0 Å². The van der Waals surface area contributed by atoms with Crippen molar-refractivity contribution in [2.75, 3.05) is 19.0 Å². The largest absolute Gasteiger partial charge is 0.497 e. The molecule has 2 aromatic carbocycles. The molecule has 1 N–H and O–H groups in total. The summed E-state index contributed by atoms with van der Waals surface area (Å²) in [6.07, 6.45) is 2.46. The molecule has 1 heterocycles. The molecule has 0 saturated carbocycles. The minimum absolute atomic E-state index is 0.627. The molecule has 1 aromatic heterocycles. The van der Waals surface area contributed by atoms with E-state index < -0.39 is 0 Å². The molecule has 0 aliphatic heterocycles. The van der Waals surface area contributed by atoms with Gasteiger partial charge < -0.3 is 14.8 Å². The van der Waals surface area contributed by atoms with E-state index in [-0.39, 0.29) is 0 Å². The van der Waals surface area contributed by atoms with Crippen LogP contribution in [-0.4, -0.2) is 23.7 Å². The minimum Gasteiger partial charge on any atom is -0.497 e. The SMILES string of the molecule is CCCOc1cc(OC)cc2ncnc(Nc3ccccc3)c12. The summed E-state index contributed by atoms with van der Waals surface area (Å²) in [5, 5.41) is 4.18. The molecule has 0 radical (unpaired) electrons. The van der Waals surface area contributed by atoms with Crippen molar-refractivity contribution in [3.63, 3.8) is 0 Å². The van der Waals surface area contributed by atoms with Gasteiger partial charge in [-0.25, -0.2) is 9.97 Å². The Labute approximate surface area is 135 Å². The van der Waals surface area contributed by atoms with Crippen LogP contribution in [0.25, 0.3) is 10.9 Å². The van der Waals surface area contributed by atoms with Crippen molar-refractivity contribution in [2.24, 2.45) is 0 Å². The van der Waals surface area contributed by atoms with Crippen LogP contribution in [0.2, 0.25) is 0 Å². The first kappa shape index (κ1) is 15.1. The zero-order chi connectivity index (χ0) is 16.1. The van der Waals surface area contributed by atoms with Crippen molar-refractivity contribution in [2.45, 2.75) is 13.3 Å². The van der Waals surface area contributed by atoms with Crippen molar-refractivity contribution in [1.29, 1.82) is 0 Å². The number of nitrogens with one attached hydrogen (secondary N) is 1. The summed E-state index contributed by atoms with van der Waals surface area (Å²) in [7, 11) is 1.63. The van der Waals surface area contributed by atoms with Crippen LogP contribution in [0.3, 0.4) is 0 Å². The predicted molar refractivity (Wildman–Crippen MR) is 91.6 cm³/mol. The van der Waals surface area contributed by atoms with Crippen LogP contribution in [0.4, 0.5) is 11.5 Å². The number of benzene rings is 2. The first-order valence-corrected chi connectivity index (χ1v) is 7.59. The van der Waals surface area contributed by atoms with Gasteiger partial charge in [-0.05, 0) is 18.6 Å². The van der Waals surface area contributed by atoms with Gasteiger partial charge in [-0.2, -0.15) is 0 Å². The third-order valence-electron chi connectivity index (χ3n) is 3.41. The number of methoxy groups -OCH3 is 1. The lowest BCUT2D eigenvalue weighted by Gasteiger charge is -2.14. The molecule has 0 atom stereocenters. The number of nitrogens with zero attached hydrogens (tertiary/aromatic N) is 2. The Morgan fingerprint density at radius 1 is 1.09 bits per heavy atom. The standard InChI is InChI=1S/C18H19N3O2/c1-3-9-23-16-11-14(22-2)10-15-17(16)18(20-12-19-15)21-13-7-5-4-6-8-13/h4-8,10-12H,3,9H2,1-2H3,(H,19,20,21). The number of hydrogen-bond acceptors (Lipinski definition) is 5. The summed E-state index contributed by atoms with van der Waals surface area (Å²) >= 11 is 0. The van der Waals surface area contributed by atoms with E-state index in [9.17, 15) is 0 Å². The number of aromatic nitrogens is 2. The van der Waals surface area contributed by atoms with Gasteiger partial charge in [-0.3, -0.25) is 0 Å². The van der Waals surface area contributed by atoms with Gasteiger partial charge in [-0.1, -0.05) is 25.1 Å². The normalized spacial score (nSPS) is 10.5. The third kappa shape index (κ3) is 3.34. The molecular formula is C18H19N3O2. The molecule has 0 bridgehead atoms. The molecule has 0 unspecified atom stereocenters. The van der Waals surface area contributed by atoms with Crippen molar-refractivity contribution in [3.05, 3.63) is 48.8 Å². The fourth-order valence-corrected chi connectivity index (χ4v) is 2.33. The number of anilines is 2. The molecule has 0 saturated heterocycles. The predicted octanol–water partition coefficient (Wildman–Crippen LogP) is 4.17. The summed E-state index contributed by atoms with van der Waals surface area (Å²) in [5.74, 6) is 2.16. The average molecular weight is 309 g/mol. The van der Waals surface area contributed by atoms with Crippen LogP contribution >= 0.6 is 0 Å². The van der Waals surface area contributed by atoms with Crippen LogP contribution in [0, 0.1) is 0 Å². The molecule has 0 aliphatic rings. The van der Waals surface area contributed by atoms with E-state index >= 15 is 0 Å². The molecule has 3 aromatic rings. The van der Waals surface area contributed by atoms with Gasteiger partial charge in [0.15, 0.2) is 0 Å². The second kappa shape index (κ2) is 6.96. The van der Waals surface area contributed by atoms with Gasteiger partial charge in [0.05, 0.1) is 24.6 Å². The maximum atomic E-state index is 5.89. The molecule has 5 heteroatoms. The van der Waals surface area contributed by atoms with Crippen LogP contribution < -0.4 is 14.8 Å². The quantitative estimate of drug-likeness (QED) is 0.740. The molecule has 23 heavy (non-hydrogen) atoms. The fourth-order valence-electron chi connectivity index (χ4n) is 2.33. The Bertz CT molecular complexity index is 791. The molecular weight excluding hydrogens is 290 g/mol. The van der Waals surface area contributed by atoms with Gasteiger partial charge in [0.1, 0.15) is 23.6 Å². The van der Waals surface area contributed by atoms with Crippen LogP contribution in [0.15, 0.2) is 48.8 Å². The van der Waals surface area contributed by atoms with Gasteiger partial charge in [0.25, 0.3) is 0 Å². The number of para-hydroxylation sites is 1. The lowest BCUT2D eigenvalue weighted by molar-refractivity contribution is 0.318. The lowest BCUT2D eigenvalue weighted by atomic mass is 10.2. The Morgan fingerprint density at radius 3 is 2.65 bits per heavy atom. The molecule has 5 nitrogen and oxygen atoms in total. The Kier molecular flexibility index (Phi) is 4.57. The number of ether oxygens (including phenoxy) is 2. The molecule has 0 fully saturated rings.